The molecule has 0 saturated heterocycles. The van der Waals surface area contributed by atoms with E-state index in [0.717, 1.165) is 18.3 Å². The summed E-state index contributed by atoms with van der Waals surface area (Å²) < 4.78 is 63.2. The van der Waals surface area contributed by atoms with Crippen molar-refractivity contribution in [2.24, 2.45) is 0 Å². The Labute approximate surface area is 168 Å². The molecule has 11 heteroatoms. The molecule has 0 spiro atoms. The van der Waals surface area contributed by atoms with E-state index in [2.05, 4.69) is 15.3 Å². The van der Waals surface area contributed by atoms with Gasteiger partial charge in [-0.25, -0.2) is 9.97 Å². The lowest BCUT2D eigenvalue weighted by Gasteiger charge is -2.29. The zero-order valence-electron chi connectivity index (χ0n) is 18.2. The van der Waals surface area contributed by atoms with Crippen molar-refractivity contribution < 1.29 is 37.4 Å². The van der Waals surface area contributed by atoms with Crippen LogP contribution >= 0.6 is 0 Å². The summed E-state index contributed by atoms with van der Waals surface area (Å²) in [7, 11) is 0. The highest BCUT2D eigenvalue weighted by Gasteiger charge is 2.54. The number of anilines is 1. The van der Waals surface area contributed by atoms with Gasteiger partial charge in [0.1, 0.15) is 0 Å². The maximum Gasteiger partial charge on any atom is 0.423 e. The number of aryl methyl sites for hydroxylation is 1. The lowest BCUT2D eigenvalue weighted by molar-refractivity contribution is -0.277. The molecule has 1 heterocycles. The number of aliphatic hydroxyl groups is 3. The van der Waals surface area contributed by atoms with Crippen molar-refractivity contribution >= 4 is 11.7 Å². The first-order valence-electron chi connectivity index (χ1n) is 9.75. The van der Waals surface area contributed by atoms with Crippen molar-refractivity contribution in [3.05, 3.63) is 41.2 Å². The molecule has 0 fully saturated rings. The van der Waals surface area contributed by atoms with Gasteiger partial charge in [-0.15, -0.1) is 0 Å². The Bertz CT molecular complexity index is 1000. The van der Waals surface area contributed by atoms with Gasteiger partial charge in [0.15, 0.2) is 11.5 Å². The highest BCUT2D eigenvalue weighted by molar-refractivity contribution is 5.97. The first-order chi connectivity index (χ1) is 14.7. The standard InChI is InChI=1S/C18H21F3N4O4/c1-9-3-4-11(17(29,8-27)18(19,20)21)5-12(9)13-6-23-15(22)14(25-13)16(28)24-10(2)7-26/h3-6,10,26-27,29H,7-8H2,1-2H3,(H2,22,23)(H,24,28)/i1D3. The summed E-state index contributed by atoms with van der Waals surface area (Å²) in [6.45, 7) is -3.45. The summed E-state index contributed by atoms with van der Waals surface area (Å²) in [4.78, 5) is 20.1. The Kier molecular flexibility index (Phi) is 5.24. The monoisotopic (exact) mass is 417 g/mol. The molecular weight excluding hydrogens is 393 g/mol. The van der Waals surface area contributed by atoms with Gasteiger partial charge in [0.05, 0.1) is 25.1 Å². The second kappa shape index (κ2) is 8.31. The van der Waals surface area contributed by atoms with Crippen molar-refractivity contribution in [3.8, 4) is 11.3 Å². The number of carbonyl (C=O) groups is 1. The van der Waals surface area contributed by atoms with Gasteiger partial charge in [-0.2, -0.15) is 13.2 Å². The molecule has 0 bridgehead atoms. The van der Waals surface area contributed by atoms with Crippen LogP contribution in [0, 0.1) is 6.85 Å². The van der Waals surface area contributed by atoms with E-state index >= 15 is 0 Å². The number of nitrogens with zero attached hydrogens (tertiary/aromatic N) is 2. The highest BCUT2D eigenvalue weighted by atomic mass is 19.4. The number of halogens is 3. The van der Waals surface area contributed by atoms with Gasteiger partial charge in [0.2, 0.25) is 5.60 Å². The predicted octanol–water partition coefficient (Wildman–Crippen LogP) is 0.887. The fourth-order valence-electron chi connectivity index (χ4n) is 2.39. The topological polar surface area (TPSA) is 142 Å². The molecule has 1 amide bonds. The number of nitrogen functional groups attached to an aromatic ring is 1. The molecule has 0 radical (unpaired) electrons. The third-order valence-electron chi connectivity index (χ3n) is 4.14. The molecule has 1 aromatic carbocycles. The Morgan fingerprint density at radius 1 is 1.38 bits per heavy atom. The van der Waals surface area contributed by atoms with Crippen LogP contribution in [0.15, 0.2) is 24.4 Å². The fourth-order valence-corrected chi connectivity index (χ4v) is 2.39. The summed E-state index contributed by atoms with van der Waals surface area (Å²) in [6.07, 6.45) is -4.32. The Balaban J connectivity index is 2.73. The van der Waals surface area contributed by atoms with E-state index in [4.69, 9.17) is 15.0 Å². The lowest BCUT2D eigenvalue weighted by atomic mass is 9.90. The second-order valence-corrected chi connectivity index (χ2v) is 6.32. The number of hydrogen-bond acceptors (Lipinski definition) is 7. The van der Waals surface area contributed by atoms with Gasteiger partial charge in [-0.3, -0.25) is 4.79 Å². The minimum Gasteiger partial charge on any atom is -0.394 e. The van der Waals surface area contributed by atoms with Crippen molar-refractivity contribution in [1.82, 2.24) is 15.3 Å². The van der Waals surface area contributed by atoms with Gasteiger partial charge < -0.3 is 26.4 Å². The molecule has 2 unspecified atom stereocenters. The van der Waals surface area contributed by atoms with Gasteiger partial charge >= 0.3 is 6.18 Å². The number of rotatable bonds is 6. The number of nitrogens with one attached hydrogen (secondary N) is 1. The summed E-state index contributed by atoms with van der Waals surface area (Å²) in [5.41, 5.74) is -0.422. The summed E-state index contributed by atoms with van der Waals surface area (Å²) in [5.74, 6) is -1.20. The zero-order chi connectivity index (χ0) is 24.5. The normalized spacial score (nSPS) is 16.9. The zero-order valence-corrected chi connectivity index (χ0v) is 15.2. The van der Waals surface area contributed by atoms with E-state index in [0.29, 0.717) is 6.07 Å². The van der Waals surface area contributed by atoms with Crippen molar-refractivity contribution in [2.45, 2.75) is 31.6 Å². The van der Waals surface area contributed by atoms with Crippen LogP contribution < -0.4 is 11.1 Å². The van der Waals surface area contributed by atoms with Crippen molar-refractivity contribution in [1.29, 1.82) is 0 Å². The average Bonchev–Trinajstić information content (AvgIpc) is 2.71. The molecule has 0 saturated carbocycles. The SMILES string of the molecule is [2H]C([2H])([2H])c1ccc(C(O)(CO)C(F)(F)F)cc1-c1cnc(N)c(C(=O)NC(C)CO)n1. The Morgan fingerprint density at radius 2 is 2.07 bits per heavy atom. The van der Waals surface area contributed by atoms with Crippen molar-refractivity contribution in [2.75, 3.05) is 18.9 Å². The van der Waals surface area contributed by atoms with E-state index in [-0.39, 0.29) is 17.1 Å². The van der Waals surface area contributed by atoms with E-state index in [1.807, 2.05) is 0 Å². The molecule has 8 nitrogen and oxygen atoms in total. The number of aliphatic hydroxyl groups excluding tert-OH is 2. The maximum atomic E-state index is 13.4. The van der Waals surface area contributed by atoms with Gasteiger partial charge in [-0.05, 0) is 31.0 Å². The molecule has 2 aromatic rings. The van der Waals surface area contributed by atoms with Crippen LogP contribution in [0.1, 0.15) is 32.7 Å². The minimum absolute atomic E-state index is 0.309. The van der Waals surface area contributed by atoms with E-state index < -0.39 is 60.6 Å². The Morgan fingerprint density at radius 3 is 2.62 bits per heavy atom. The van der Waals surface area contributed by atoms with Crippen molar-refractivity contribution in [3.63, 3.8) is 0 Å². The largest absolute Gasteiger partial charge is 0.423 e. The van der Waals surface area contributed by atoms with Crippen LogP contribution in [0.2, 0.25) is 0 Å². The average molecular weight is 417 g/mol. The number of nitrogens with two attached hydrogens (primary N) is 1. The third-order valence-corrected chi connectivity index (χ3v) is 4.14. The number of carbonyl (C=O) groups excluding carboxylic acids is 1. The van der Waals surface area contributed by atoms with E-state index in [9.17, 15) is 28.2 Å². The molecular formula is C18H21F3N4O4. The highest BCUT2D eigenvalue weighted by Crippen LogP contribution is 2.40. The van der Waals surface area contributed by atoms with Gasteiger partial charge in [0, 0.05) is 15.7 Å². The molecule has 6 N–H and O–H groups in total. The number of benzene rings is 1. The third kappa shape index (κ3) is 4.47. The van der Waals surface area contributed by atoms with Crippen LogP contribution in [0.4, 0.5) is 19.0 Å². The first kappa shape index (κ1) is 18.3. The summed E-state index contributed by atoms with van der Waals surface area (Å²) in [6, 6.07) is 1.61. The number of aromatic nitrogens is 2. The van der Waals surface area contributed by atoms with Gasteiger partial charge in [0.25, 0.3) is 5.91 Å². The quantitative estimate of drug-likeness (QED) is 0.470. The number of hydrogen-bond donors (Lipinski definition) is 5. The number of alkyl halides is 3. The fraction of sp³-hybridized carbons (Fsp3) is 0.389. The molecule has 2 rings (SSSR count). The smallest absolute Gasteiger partial charge is 0.394 e. The summed E-state index contributed by atoms with van der Waals surface area (Å²) >= 11 is 0. The molecule has 29 heavy (non-hydrogen) atoms. The molecule has 2 atom stereocenters. The Hall–Kier alpha value is -2.76. The molecule has 0 aliphatic heterocycles. The first-order valence-corrected chi connectivity index (χ1v) is 8.25. The van der Waals surface area contributed by atoms with E-state index in [1.54, 1.807) is 0 Å². The van der Waals surface area contributed by atoms with Gasteiger partial charge in [-0.1, -0.05) is 12.1 Å². The molecule has 1 aromatic heterocycles. The number of amides is 1. The minimum atomic E-state index is -5.28. The van der Waals surface area contributed by atoms with E-state index in [1.165, 1.54) is 6.92 Å². The maximum absolute atomic E-state index is 13.4. The predicted molar refractivity (Wildman–Crippen MR) is 97.7 cm³/mol. The summed E-state index contributed by atoms with van der Waals surface area (Å²) in [5, 5.41) is 30.7. The van der Waals surface area contributed by atoms with Crippen LogP contribution in [0.25, 0.3) is 11.3 Å². The lowest BCUT2D eigenvalue weighted by Crippen LogP contribution is -2.45. The van der Waals surface area contributed by atoms with Crippen LogP contribution in [0.5, 0.6) is 0 Å². The van der Waals surface area contributed by atoms with Crippen LogP contribution in [0.3, 0.4) is 0 Å². The van der Waals surface area contributed by atoms with Crippen LogP contribution in [-0.4, -0.2) is 56.6 Å². The second-order valence-electron chi connectivity index (χ2n) is 6.32. The molecule has 158 valence electrons. The molecule has 0 aliphatic carbocycles. The van der Waals surface area contributed by atoms with Crippen LogP contribution in [-0.2, 0) is 5.60 Å². The molecule has 0 aliphatic rings.